The molecule has 0 atom stereocenters. The molecule has 0 spiro atoms. The lowest BCUT2D eigenvalue weighted by Crippen LogP contribution is -2.30. The van der Waals surface area contributed by atoms with E-state index in [1.165, 1.54) is 14.2 Å². The van der Waals surface area contributed by atoms with E-state index in [0.717, 1.165) is 4.90 Å². The average Bonchev–Trinajstić information content (AvgIpc) is 2.14. The van der Waals surface area contributed by atoms with E-state index in [0.29, 0.717) is 17.0 Å². The summed E-state index contributed by atoms with van der Waals surface area (Å²) >= 11 is 0. The summed E-state index contributed by atoms with van der Waals surface area (Å²) < 4.78 is 41.6. The van der Waals surface area contributed by atoms with Crippen LogP contribution in [0.25, 0.3) is 0 Å². The number of hydrogen-bond acceptors (Lipinski definition) is 3. The molecule has 17 heavy (non-hydrogen) atoms. The van der Waals surface area contributed by atoms with Crippen LogP contribution in [0.3, 0.4) is 0 Å². The third kappa shape index (κ3) is 4.52. The highest BCUT2D eigenvalue weighted by Gasteiger charge is 2.29. The highest BCUT2D eigenvalue weighted by Crippen LogP contribution is 2.24. The summed E-state index contributed by atoms with van der Waals surface area (Å²) in [5.41, 5.74) is 6.73. The zero-order valence-electron chi connectivity index (χ0n) is 9.71. The first-order chi connectivity index (χ1) is 7.81. The van der Waals surface area contributed by atoms with Gasteiger partial charge in [0, 0.05) is 17.8 Å². The lowest BCUT2D eigenvalue weighted by Gasteiger charge is -2.20. The first kappa shape index (κ1) is 13.6. The molecular formula is C11H15F3N2O. The van der Waals surface area contributed by atoms with Crippen molar-refractivity contribution in [2.45, 2.75) is 12.7 Å². The molecule has 0 aliphatic carbocycles. The minimum absolute atomic E-state index is 0.133. The van der Waals surface area contributed by atoms with E-state index in [-0.39, 0.29) is 6.54 Å². The number of nitrogens with zero attached hydrogens (tertiary/aromatic N) is 1. The molecular weight excluding hydrogens is 233 g/mol. The fraction of sp³-hybridized carbons (Fsp3) is 0.455. The molecule has 0 saturated carbocycles. The second kappa shape index (κ2) is 5.27. The minimum Gasteiger partial charge on any atom is -0.496 e. The Morgan fingerprint density at radius 1 is 1.35 bits per heavy atom. The molecule has 0 saturated heterocycles. The smallest absolute Gasteiger partial charge is 0.401 e. The Hall–Kier alpha value is -1.43. The molecule has 1 aromatic carbocycles. The van der Waals surface area contributed by atoms with E-state index >= 15 is 0 Å². The van der Waals surface area contributed by atoms with Gasteiger partial charge >= 0.3 is 6.18 Å². The number of nitrogens with two attached hydrogens (primary N) is 1. The quantitative estimate of drug-likeness (QED) is 0.831. The maximum Gasteiger partial charge on any atom is 0.401 e. The van der Waals surface area contributed by atoms with E-state index in [1.807, 2.05) is 0 Å². The van der Waals surface area contributed by atoms with Crippen molar-refractivity contribution >= 4 is 5.69 Å². The van der Waals surface area contributed by atoms with E-state index < -0.39 is 12.7 Å². The fourth-order valence-corrected chi connectivity index (χ4v) is 1.57. The fourth-order valence-electron chi connectivity index (χ4n) is 1.57. The van der Waals surface area contributed by atoms with Crippen molar-refractivity contribution in [3.8, 4) is 5.75 Å². The van der Waals surface area contributed by atoms with Gasteiger partial charge in [-0.1, -0.05) is 0 Å². The summed E-state index contributed by atoms with van der Waals surface area (Å²) in [5, 5.41) is 0. The third-order valence-corrected chi connectivity index (χ3v) is 2.19. The highest BCUT2D eigenvalue weighted by molar-refractivity contribution is 5.47. The molecule has 0 heterocycles. The topological polar surface area (TPSA) is 38.5 Å². The second-order valence-corrected chi connectivity index (χ2v) is 3.86. The predicted molar refractivity (Wildman–Crippen MR) is 59.8 cm³/mol. The summed E-state index contributed by atoms with van der Waals surface area (Å²) in [5.74, 6) is 0.535. The van der Waals surface area contributed by atoms with Gasteiger partial charge in [0.1, 0.15) is 5.75 Å². The molecule has 96 valence electrons. The maximum atomic E-state index is 12.2. The number of halogens is 3. The van der Waals surface area contributed by atoms with Crippen LogP contribution in [0.1, 0.15) is 5.56 Å². The molecule has 1 aromatic rings. The van der Waals surface area contributed by atoms with E-state index in [1.54, 1.807) is 18.2 Å². The van der Waals surface area contributed by atoms with Crippen LogP contribution in [-0.4, -0.2) is 31.8 Å². The Bertz CT molecular complexity index is 379. The lowest BCUT2D eigenvalue weighted by molar-refractivity contribution is -0.144. The van der Waals surface area contributed by atoms with Crippen LogP contribution in [0.4, 0.5) is 18.9 Å². The Kier molecular flexibility index (Phi) is 4.22. The van der Waals surface area contributed by atoms with Crippen LogP contribution in [0.15, 0.2) is 18.2 Å². The molecule has 6 heteroatoms. The first-order valence-electron chi connectivity index (χ1n) is 4.99. The van der Waals surface area contributed by atoms with E-state index in [4.69, 9.17) is 10.5 Å². The van der Waals surface area contributed by atoms with Crippen molar-refractivity contribution in [2.24, 2.45) is 0 Å². The number of benzene rings is 1. The molecule has 0 bridgehead atoms. The summed E-state index contributed by atoms with van der Waals surface area (Å²) in [6, 6.07) is 4.91. The third-order valence-electron chi connectivity index (χ3n) is 2.19. The van der Waals surface area contributed by atoms with Gasteiger partial charge in [-0.15, -0.1) is 0 Å². The van der Waals surface area contributed by atoms with Gasteiger partial charge in [0.25, 0.3) is 0 Å². The van der Waals surface area contributed by atoms with Gasteiger partial charge in [0.2, 0.25) is 0 Å². The predicted octanol–water partition coefficient (Wildman–Crippen LogP) is 2.27. The molecule has 0 amide bonds. The number of alkyl halides is 3. The van der Waals surface area contributed by atoms with Crippen LogP contribution in [-0.2, 0) is 6.54 Å². The average molecular weight is 248 g/mol. The van der Waals surface area contributed by atoms with Crippen LogP contribution in [0.2, 0.25) is 0 Å². The molecule has 0 unspecified atom stereocenters. The summed E-state index contributed by atoms with van der Waals surface area (Å²) in [4.78, 5) is 1.16. The van der Waals surface area contributed by atoms with Gasteiger partial charge < -0.3 is 10.5 Å². The van der Waals surface area contributed by atoms with Crippen molar-refractivity contribution in [1.82, 2.24) is 4.90 Å². The van der Waals surface area contributed by atoms with Gasteiger partial charge in [-0.05, 0) is 25.2 Å². The zero-order valence-corrected chi connectivity index (χ0v) is 9.71. The molecule has 0 aliphatic heterocycles. The maximum absolute atomic E-state index is 12.2. The number of ether oxygens (including phenoxy) is 1. The van der Waals surface area contributed by atoms with E-state index in [2.05, 4.69) is 0 Å². The number of hydrogen-bond donors (Lipinski definition) is 1. The SMILES string of the molecule is COc1ccc(N)cc1CN(C)CC(F)(F)F. The largest absolute Gasteiger partial charge is 0.496 e. The van der Waals surface area contributed by atoms with Crippen LogP contribution in [0.5, 0.6) is 5.75 Å². The second-order valence-electron chi connectivity index (χ2n) is 3.86. The van der Waals surface area contributed by atoms with Crippen LogP contribution in [0, 0.1) is 0 Å². The molecule has 0 aromatic heterocycles. The van der Waals surface area contributed by atoms with Gasteiger partial charge in [-0.25, -0.2) is 0 Å². The standard InChI is InChI=1S/C11H15F3N2O/c1-16(7-11(12,13)14)6-8-5-9(15)3-4-10(8)17-2/h3-5H,6-7,15H2,1-2H3. The number of nitrogen functional groups attached to an aromatic ring is 1. The van der Waals surface area contributed by atoms with Crippen molar-refractivity contribution in [3.63, 3.8) is 0 Å². The molecule has 0 fully saturated rings. The Balaban J connectivity index is 2.76. The molecule has 0 aliphatic rings. The zero-order chi connectivity index (χ0) is 13.1. The van der Waals surface area contributed by atoms with Crippen molar-refractivity contribution in [2.75, 3.05) is 26.4 Å². The van der Waals surface area contributed by atoms with Crippen LogP contribution >= 0.6 is 0 Å². The van der Waals surface area contributed by atoms with Gasteiger partial charge in [0.05, 0.1) is 13.7 Å². The van der Waals surface area contributed by atoms with Crippen LogP contribution < -0.4 is 10.5 Å². The molecule has 3 nitrogen and oxygen atoms in total. The number of anilines is 1. The minimum atomic E-state index is -4.21. The van der Waals surface area contributed by atoms with Crippen molar-refractivity contribution in [1.29, 1.82) is 0 Å². The number of rotatable bonds is 4. The normalized spacial score (nSPS) is 11.9. The Labute approximate surface area is 98.0 Å². The van der Waals surface area contributed by atoms with E-state index in [9.17, 15) is 13.2 Å². The Morgan fingerprint density at radius 3 is 2.53 bits per heavy atom. The summed E-state index contributed by atoms with van der Waals surface area (Å²) in [6.07, 6.45) is -4.21. The molecule has 2 N–H and O–H groups in total. The molecule has 0 radical (unpaired) electrons. The van der Waals surface area contributed by atoms with Gasteiger partial charge in [-0.3, -0.25) is 4.90 Å². The van der Waals surface area contributed by atoms with Crippen molar-refractivity contribution < 1.29 is 17.9 Å². The monoisotopic (exact) mass is 248 g/mol. The van der Waals surface area contributed by atoms with Gasteiger partial charge in [-0.2, -0.15) is 13.2 Å². The lowest BCUT2D eigenvalue weighted by atomic mass is 10.1. The van der Waals surface area contributed by atoms with Gasteiger partial charge in [0.15, 0.2) is 0 Å². The van der Waals surface area contributed by atoms with Crippen molar-refractivity contribution in [3.05, 3.63) is 23.8 Å². The first-order valence-corrected chi connectivity index (χ1v) is 4.99. The Morgan fingerprint density at radius 2 is 2.00 bits per heavy atom. The summed E-state index contributed by atoms with van der Waals surface area (Å²) in [7, 11) is 2.87. The number of methoxy groups -OCH3 is 1. The highest BCUT2D eigenvalue weighted by atomic mass is 19.4. The molecule has 1 rings (SSSR count). The summed E-state index contributed by atoms with van der Waals surface area (Å²) in [6.45, 7) is -0.835.